The number of anilines is 6. The number of nitrogens with zero attached hydrogens (tertiary/aromatic N) is 2. The Kier molecular flexibility index (Phi) is 8.88. The highest BCUT2D eigenvalue weighted by molar-refractivity contribution is 6.20. The highest BCUT2D eigenvalue weighted by Crippen LogP contribution is 2.37. The molecule has 221 valence electrons. The Labute approximate surface area is 267 Å². The van der Waals surface area contributed by atoms with Crippen LogP contribution in [0.25, 0.3) is 0 Å². The Hall–Kier alpha value is -5.42. The molecule has 45 heavy (non-hydrogen) atoms. The normalized spacial score (nSPS) is 10.7. The molecule has 4 nitrogen and oxygen atoms in total. The van der Waals surface area contributed by atoms with Crippen LogP contribution in [0.3, 0.4) is 0 Å². The molecule has 0 aliphatic rings. The zero-order valence-electron chi connectivity index (χ0n) is 26.1. The number of hydrogen-bond donors (Lipinski definition) is 0. The molecule has 6 aromatic rings. The molecule has 0 spiro atoms. The summed E-state index contributed by atoms with van der Waals surface area (Å²) in [5.74, 6) is 1.38. The van der Waals surface area contributed by atoms with E-state index in [2.05, 4.69) is 159 Å². The van der Waals surface area contributed by atoms with Gasteiger partial charge in [-0.05, 0) is 125 Å². The Bertz CT molecular complexity index is 1590. The van der Waals surface area contributed by atoms with Crippen molar-refractivity contribution >= 4 is 41.8 Å². The van der Waals surface area contributed by atoms with Crippen molar-refractivity contribution in [3.05, 3.63) is 168 Å². The lowest BCUT2D eigenvalue weighted by Crippen LogP contribution is -2.12. The van der Waals surface area contributed by atoms with Crippen LogP contribution in [0.1, 0.15) is 22.3 Å². The van der Waals surface area contributed by atoms with Gasteiger partial charge in [0, 0.05) is 34.1 Å². The molecule has 0 saturated carbocycles. The van der Waals surface area contributed by atoms with Crippen LogP contribution in [0.4, 0.5) is 34.1 Å². The molecule has 1 radical (unpaired) electrons. The van der Waals surface area contributed by atoms with Gasteiger partial charge >= 0.3 is 7.69 Å². The van der Waals surface area contributed by atoms with E-state index in [9.17, 15) is 0 Å². The van der Waals surface area contributed by atoms with Gasteiger partial charge in [-0.3, -0.25) is 0 Å². The van der Waals surface area contributed by atoms with E-state index in [-0.39, 0.29) is 0 Å². The van der Waals surface area contributed by atoms with Crippen molar-refractivity contribution in [3.8, 4) is 11.5 Å². The first-order chi connectivity index (χ1) is 21.9. The van der Waals surface area contributed by atoms with E-state index in [4.69, 9.17) is 9.31 Å². The Morgan fingerprint density at radius 2 is 0.511 bits per heavy atom. The van der Waals surface area contributed by atoms with Gasteiger partial charge in [-0.25, -0.2) is 0 Å². The molecule has 0 bridgehead atoms. The monoisotopic (exact) mass is 587 g/mol. The molecular formula is C40H36BN2O2. The topological polar surface area (TPSA) is 24.9 Å². The summed E-state index contributed by atoms with van der Waals surface area (Å²) in [6, 6.07) is 50.3. The zero-order valence-corrected chi connectivity index (χ0v) is 26.1. The molecule has 0 aliphatic carbocycles. The molecule has 6 rings (SSSR count). The first-order valence-corrected chi connectivity index (χ1v) is 15.1. The van der Waals surface area contributed by atoms with Crippen molar-refractivity contribution in [2.24, 2.45) is 0 Å². The van der Waals surface area contributed by atoms with Crippen LogP contribution >= 0.6 is 0 Å². The summed E-state index contributed by atoms with van der Waals surface area (Å²) >= 11 is 0. The van der Waals surface area contributed by atoms with Crippen molar-refractivity contribution in [2.45, 2.75) is 27.7 Å². The predicted molar refractivity (Wildman–Crippen MR) is 188 cm³/mol. The average molecular weight is 588 g/mol. The standard InChI is InChI=1S/C40H36BN2O2/c1-29-5-13-33(14-6-29)42(34-15-7-30(2)8-16-34)37-21-25-39(26-22-37)44-41-45-40-27-23-38(24-28-40)43(35-17-9-31(3)10-18-35)36-19-11-32(4)12-20-36/h5-28H,1-4H3. The lowest BCUT2D eigenvalue weighted by Gasteiger charge is -2.26. The Morgan fingerprint density at radius 1 is 0.311 bits per heavy atom. The third-order valence-corrected chi connectivity index (χ3v) is 7.73. The van der Waals surface area contributed by atoms with Gasteiger partial charge in [0.2, 0.25) is 0 Å². The molecule has 0 fully saturated rings. The van der Waals surface area contributed by atoms with E-state index < -0.39 is 0 Å². The number of rotatable bonds is 10. The summed E-state index contributed by atoms with van der Waals surface area (Å²) < 4.78 is 11.7. The summed E-state index contributed by atoms with van der Waals surface area (Å²) in [6.45, 7) is 8.41. The summed E-state index contributed by atoms with van der Waals surface area (Å²) in [7, 11) is 1.37. The first-order valence-electron chi connectivity index (χ1n) is 15.1. The molecule has 0 aromatic heterocycles. The second-order valence-corrected chi connectivity index (χ2v) is 11.3. The van der Waals surface area contributed by atoms with Crippen LogP contribution in [0, 0.1) is 27.7 Å². The Balaban J connectivity index is 1.13. The van der Waals surface area contributed by atoms with E-state index in [1.165, 1.54) is 29.9 Å². The Morgan fingerprint density at radius 3 is 0.733 bits per heavy atom. The fourth-order valence-corrected chi connectivity index (χ4v) is 5.15. The third-order valence-electron chi connectivity index (χ3n) is 7.73. The molecule has 0 N–H and O–H groups in total. The summed E-state index contributed by atoms with van der Waals surface area (Å²) in [5, 5.41) is 0. The van der Waals surface area contributed by atoms with Gasteiger partial charge < -0.3 is 19.1 Å². The highest BCUT2D eigenvalue weighted by Gasteiger charge is 2.14. The number of hydrogen-bond acceptors (Lipinski definition) is 4. The van der Waals surface area contributed by atoms with Gasteiger partial charge in [0.25, 0.3) is 0 Å². The van der Waals surface area contributed by atoms with Gasteiger partial charge in [-0.15, -0.1) is 0 Å². The lowest BCUT2D eigenvalue weighted by molar-refractivity contribution is 0.459. The van der Waals surface area contributed by atoms with Crippen molar-refractivity contribution in [1.29, 1.82) is 0 Å². The van der Waals surface area contributed by atoms with Gasteiger partial charge in [0.1, 0.15) is 11.5 Å². The van der Waals surface area contributed by atoms with Crippen LogP contribution in [-0.4, -0.2) is 7.69 Å². The van der Waals surface area contributed by atoms with Gasteiger partial charge in [0.05, 0.1) is 0 Å². The maximum Gasteiger partial charge on any atom is 0.658 e. The maximum atomic E-state index is 5.85. The van der Waals surface area contributed by atoms with Crippen LogP contribution in [-0.2, 0) is 0 Å². The van der Waals surface area contributed by atoms with Gasteiger partial charge in [0.15, 0.2) is 0 Å². The fourth-order valence-electron chi connectivity index (χ4n) is 5.15. The van der Waals surface area contributed by atoms with E-state index in [0.717, 1.165) is 34.1 Å². The second-order valence-electron chi connectivity index (χ2n) is 11.3. The molecular weight excluding hydrogens is 551 g/mol. The van der Waals surface area contributed by atoms with Gasteiger partial charge in [-0.1, -0.05) is 70.8 Å². The van der Waals surface area contributed by atoms with E-state index in [0.29, 0.717) is 11.5 Å². The average Bonchev–Trinajstić information content (AvgIpc) is 3.06. The quantitative estimate of drug-likeness (QED) is 0.149. The summed E-state index contributed by atoms with van der Waals surface area (Å²) in [5.41, 5.74) is 11.4. The molecule has 0 heterocycles. The minimum absolute atomic E-state index is 0.688. The van der Waals surface area contributed by atoms with Crippen molar-refractivity contribution in [1.82, 2.24) is 0 Å². The van der Waals surface area contributed by atoms with E-state index in [1.54, 1.807) is 0 Å². The SMILES string of the molecule is Cc1ccc(N(c2ccc(C)cc2)c2ccc(O[B]Oc3ccc(N(c4ccc(C)cc4)c4ccc(C)cc4)cc3)cc2)cc1. The van der Waals surface area contributed by atoms with Crippen LogP contribution in [0.2, 0.25) is 0 Å². The summed E-state index contributed by atoms with van der Waals surface area (Å²) in [4.78, 5) is 4.47. The predicted octanol–water partition coefficient (Wildman–Crippen LogP) is 10.9. The highest BCUT2D eigenvalue weighted by atomic mass is 16.6. The lowest BCUT2D eigenvalue weighted by atomic mass is 10.1. The second kappa shape index (κ2) is 13.5. The third kappa shape index (κ3) is 7.22. The van der Waals surface area contributed by atoms with E-state index >= 15 is 0 Å². The minimum atomic E-state index is 0.688. The number of benzene rings is 6. The fraction of sp³-hybridized carbons (Fsp3) is 0.100. The zero-order chi connectivity index (χ0) is 31.2. The molecule has 0 saturated heterocycles. The first kappa shape index (κ1) is 29.6. The number of aryl methyl sites for hydroxylation is 4. The van der Waals surface area contributed by atoms with Crippen molar-refractivity contribution in [3.63, 3.8) is 0 Å². The van der Waals surface area contributed by atoms with Crippen LogP contribution < -0.4 is 19.1 Å². The summed E-state index contributed by atoms with van der Waals surface area (Å²) in [6.07, 6.45) is 0. The molecule has 0 aliphatic heterocycles. The van der Waals surface area contributed by atoms with Crippen molar-refractivity contribution < 1.29 is 9.31 Å². The van der Waals surface area contributed by atoms with Crippen LogP contribution in [0.5, 0.6) is 11.5 Å². The molecule has 5 heteroatoms. The molecule has 0 atom stereocenters. The molecule has 6 aromatic carbocycles. The van der Waals surface area contributed by atoms with Crippen molar-refractivity contribution in [2.75, 3.05) is 9.80 Å². The van der Waals surface area contributed by atoms with E-state index in [1.807, 2.05) is 24.3 Å². The molecule has 0 unspecified atom stereocenters. The molecule has 0 amide bonds. The smallest absolute Gasteiger partial charge is 0.526 e. The minimum Gasteiger partial charge on any atom is -0.526 e. The maximum absolute atomic E-state index is 5.85. The van der Waals surface area contributed by atoms with Gasteiger partial charge in [-0.2, -0.15) is 0 Å². The largest absolute Gasteiger partial charge is 0.658 e. The van der Waals surface area contributed by atoms with Crippen LogP contribution in [0.15, 0.2) is 146 Å².